The molecule has 0 fully saturated rings. The highest BCUT2D eigenvalue weighted by atomic mass is 32.2. The minimum Gasteiger partial charge on any atom is -0.481 e. The van der Waals surface area contributed by atoms with Crippen molar-refractivity contribution >= 4 is 23.6 Å². The Morgan fingerprint density at radius 2 is 2.29 bits per heavy atom. The molecule has 0 aromatic heterocycles. The standard InChI is InChI=1S/C12H19NO3S/c1-9(12(15)16)7-17-8-11(14)13(2)10-5-3-4-6-10/h5,9H,3-4,6-8H2,1-2H3,(H,15,16). The van der Waals surface area contributed by atoms with Crippen LogP contribution in [-0.4, -0.2) is 40.4 Å². The number of carboxylic acid groups (broad SMARTS) is 1. The molecule has 0 aromatic carbocycles. The van der Waals surface area contributed by atoms with E-state index in [1.54, 1.807) is 18.9 Å². The fourth-order valence-electron chi connectivity index (χ4n) is 1.61. The number of carbonyl (C=O) groups is 2. The van der Waals surface area contributed by atoms with Gasteiger partial charge in [0.25, 0.3) is 0 Å². The Labute approximate surface area is 106 Å². The number of nitrogens with zero attached hydrogens (tertiary/aromatic N) is 1. The number of thioether (sulfide) groups is 1. The maximum absolute atomic E-state index is 11.8. The Morgan fingerprint density at radius 1 is 1.59 bits per heavy atom. The van der Waals surface area contributed by atoms with Crippen LogP contribution in [0.2, 0.25) is 0 Å². The van der Waals surface area contributed by atoms with Crippen LogP contribution >= 0.6 is 11.8 Å². The molecule has 0 spiro atoms. The van der Waals surface area contributed by atoms with Gasteiger partial charge in [-0.05, 0) is 19.3 Å². The number of hydrogen-bond acceptors (Lipinski definition) is 3. The van der Waals surface area contributed by atoms with Gasteiger partial charge in [0.1, 0.15) is 0 Å². The Kier molecular flexibility index (Phi) is 5.55. The molecule has 96 valence electrons. The Morgan fingerprint density at radius 3 is 2.82 bits per heavy atom. The largest absolute Gasteiger partial charge is 0.481 e. The quantitative estimate of drug-likeness (QED) is 0.790. The van der Waals surface area contributed by atoms with Gasteiger partial charge < -0.3 is 10.0 Å². The molecule has 0 saturated heterocycles. The van der Waals surface area contributed by atoms with Crippen molar-refractivity contribution in [2.24, 2.45) is 5.92 Å². The second kappa shape index (κ2) is 6.69. The van der Waals surface area contributed by atoms with Crippen LogP contribution in [-0.2, 0) is 9.59 Å². The molecular formula is C12H19NO3S. The Bertz CT molecular complexity index is 328. The van der Waals surface area contributed by atoms with Crippen molar-refractivity contribution < 1.29 is 14.7 Å². The summed E-state index contributed by atoms with van der Waals surface area (Å²) in [6, 6.07) is 0. The zero-order valence-electron chi connectivity index (χ0n) is 10.3. The summed E-state index contributed by atoms with van der Waals surface area (Å²) in [5, 5.41) is 8.71. The molecule has 1 unspecified atom stereocenters. The van der Waals surface area contributed by atoms with E-state index in [2.05, 4.69) is 6.08 Å². The Hall–Kier alpha value is -0.970. The first-order valence-electron chi connectivity index (χ1n) is 5.78. The van der Waals surface area contributed by atoms with Gasteiger partial charge in [0.05, 0.1) is 11.7 Å². The van der Waals surface area contributed by atoms with E-state index in [4.69, 9.17) is 5.11 Å². The predicted molar refractivity (Wildman–Crippen MR) is 68.8 cm³/mol. The lowest BCUT2D eigenvalue weighted by molar-refractivity contribution is -0.140. The molecule has 4 nitrogen and oxygen atoms in total. The summed E-state index contributed by atoms with van der Waals surface area (Å²) in [6.45, 7) is 1.66. The number of aliphatic carboxylic acids is 1. The third kappa shape index (κ3) is 4.42. The summed E-state index contributed by atoms with van der Waals surface area (Å²) < 4.78 is 0. The topological polar surface area (TPSA) is 57.6 Å². The lowest BCUT2D eigenvalue weighted by Crippen LogP contribution is -2.27. The van der Waals surface area contributed by atoms with E-state index in [1.807, 2.05) is 0 Å². The van der Waals surface area contributed by atoms with E-state index >= 15 is 0 Å². The van der Waals surface area contributed by atoms with E-state index in [9.17, 15) is 9.59 Å². The zero-order valence-corrected chi connectivity index (χ0v) is 11.1. The van der Waals surface area contributed by atoms with Gasteiger partial charge in [0.2, 0.25) is 5.91 Å². The van der Waals surface area contributed by atoms with E-state index in [0.717, 1.165) is 25.0 Å². The van der Waals surface area contributed by atoms with Crippen LogP contribution in [0, 0.1) is 5.92 Å². The van der Waals surface area contributed by atoms with Gasteiger partial charge in [-0.15, -0.1) is 0 Å². The number of carboxylic acids is 1. The molecule has 1 atom stereocenters. The fourth-order valence-corrected chi connectivity index (χ4v) is 2.59. The minimum absolute atomic E-state index is 0.0562. The smallest absolute Gasteiger partial charge is 0.307 e. The molecule has 0 aliphatic heterocycles. The molecule has 1 amide bonds. The van der Waals surface area contributed by atoms with Crippen molar-refractivity contribution in [1.29, 1.82) is 0 Å². The third-order valence-electron chi connectivity index (χ3n) is 2.84. The van der Waals surface area contributed by atoms with Gasteiger partial charge in [0.15, 0.2) is 0 Å². The first-order valence-corrected chi connectivity index (χ1v) is 6.94. The van der Waals surface area contributed by atoms with E-state index in [0.29, 0.717) is 11.5 Å². The monoisotopic (exact) mass is 257 g/mol. The molecule has 0 heterocycles. The van der Waals surface area contributed by atoms with Crippen molar-refractivity contribution in [2.45, 2.75) is 26.2 Å². The normalized spacial score (nSPS) is 16.5. The highest BCUT2D eigenvalue weighted by Crippen LogP contribution is 2.21. The van der Waals surface area contributed by atoms with Crippen molar-refractivity contribution in [3.8, 4) is 0 Å². The van der Waals surface area contributed by atoms with E-state index < -0.39 is 11.9 Å². The van der Waals surface area contributed by atoms with E-state index in [1.165, 1.54) is 11.8 Å². The molecule has 0 aromatic rings. The van der Waals surface area contributed by atoms with Crippen LogP contribution < -0.4 is 0 Å². The van der Waals surface area contributed by atoms with Crippen LogP contribution in [0.5, 0.6) is 0 Å². The SMILES string of the molecule is CC(CSCC(=O)N(C)C1=CCCC1)C(=O)O. The summed E-state index contributed by atoms with van der Waals surface area (Å²) >= 11 is 1.39. The Balaban J connectivity index is 2.27. The van der Waals surface area contributed by atoms with Gasteiger partial charge in [0, 0.05) is 18.5 Å². The number of hydrogen-bond donors (Lipinski definition) is 1. The molecule has 0 bridgehead atoms. The number of rotatable bonds is 6. The van der Waals surface area contributed by atoms with Crippen molar-refractivity contribution in [3.63, 3.8) is 0 Å². The van der Waals surface area contributed by atoms with Crippen molar-refractivity contribution in [1.82, 2.24) is 4.90 Å². The number of amides is 1. The molecule has 1 aliphatic rings. The first-order chi connectivity index (χ1) is 8.02. The molecule has 1 rings (SSSR count). The highest BCUT2D eigenvalue weighted by Gasteiger charge is 2.17. The summed E-state index contributed by atoms with van der Waals surface area (Å²) in [5.74, 6) is -0.319. The molecule has 5 heteroatoms. The van der Waals surface area contributed by atoms with Gasteiger partial charge in [-0.1, -0.05) is 13.0 Å². The second-order valence-corrected chi connectivity index (χ2v) is 5.33. The predicted octanol–water partition coefficient (Wildman–Crippen LogP) is 1.97. The number of carbonyl (C=O) groups excluding carboxylic acids is 1. The summed E-state index contributed by atoms with van der Waals surface area (Å²) in [4.78, 5) is 24.1. The molecular weight excluding hydrogens is 238 g/mol. The van der Waals surface area contributed by atoms with Crippen LogP contribution in [0.25, 0.3) is 0 Å². The van der Waals surface area contributed by atoms with Gasteiger partial charge in [-0.2, -0.15) is 11.8 Å². The zero-order chi connectivity index (χ0) is 12.8. The molecule has 1 N–H and O–H groups in total. The van der Waals surface area contributed by atoms with Gasteiger partial charge >= 0.3 is 5.97 Å². The van der Waals surface area contributed by atoms with Gasteiger partial charge in [-0.3, -0.25) is 9.59 Å². The van der Waals surface area contributed by atoms with Gasteiger partial charge in [-0.25, -0.2) is 0 Å². The van der Waals surface area contributed by atoms with Crippen LogP contribution in [0.4, 0.5) is 0 Å². The first kappa shape index (κ1) is 14.1. The molecule has 1 aliphatic carbocycles. The lowest BCUT2D eigenvalue weighted by Gasteiger charge is -2.18. The van der Waals surface area contributed by atoms with Crippen LogP contribution in [0.15, 0.2) is 11.8 Å². The maximum Gasteiger partial charge on any atom is 0.307 e. The second-order valence-electron chi connectivity index (χ2n) is 4.29. The molecule has 0 radical (unpaired) electrons. The van der Waals surface area contributed by atoms with Crippen molar-refractivity contribution in [3.05, 3.63) is 11.8 Å². The summed E-state index contributed by atoms with van der Waals surface area (Å²) in [5.41, 5.74) is 1.10. The van der Waals surface area contributed by atoms with Crippen molar-refractivity contribution in [2.75, 3.05) is 18.6 Å². The van der Waals surface area contributed by atoms with Crippen LogP contribution in [0.1, 0.15) is 26.2 Å². The number of allylic oxidation sites excluding steroid dienone is 2. The summed E-state index contributed by atoms with van der Waals surface area (Å²) in [7, 11) is 1.79. The van der Waals surface area contributed by atoms with Crippen LogP contribution in [0.3, 0.4) is 0 Å². The van der Waals surface area contributed by atoms with E-state index in [-0.39, 0.29) is 5.91 Å². The summed E-state index contributed by atoms with van der Waals surface area (Å²) in [6.07, 6.45) is 5.24. The third-order valence-corrected chi connectivity index (χ3v) is 4.02. The lowest BCUT2D eigenvalue weighted by atomic mass is 10.2. The average Bonchev–Trinajstić information content (AvgIpc) is 2.80. The minimum atomic E-state index is -0.809. The molecule has 0 saturated carbocycles. The fraction of sp³-hybridized carbons (Fsp3) is 0.667. The maximum atomic E-state index is 11.8. The highest BCUT2D eigenvalue weighted by molar-refractivity contribution is 7.99. The average molecular weight is 257 g/mol. The molecule has 17 heavy (non-hydrogen) atoms.